The van der Waals surface area contributed by atoms with Crippen molar-refractivity contribution < 1.29 is 14.3 Å². The minimum Gasteiger partial charge on any atom is -0.455 e. The van der Waals surface area contributed by atoms with Crippen LogP contribution in [-0.4, -0.2) is 28.3 Å². The van der Waals surface area contributed by atoms with E-state index in [1.165, 1.54) is 0 Å². The number of amides is 1. The second-order valence-electron chi connectivity index (χ2n) is 6.82. The Labute approximate surface area is 170 Å². The van der Waals surface area contributed by atoms with Gasteiger partial charge in [-0.3, -0.25) is 9.59 Å². The van der Waals surface area contributed by atoms with Gasteiger partial charge in [0.15, 0.2) is 6.61 Å². The fourth-order valence-electron chi connectivity index (χ4n) is 3.28. The zero-order chi connectivity index (χ0) is 20.8. The maximum absolute atomic E-state index is 12.4. The molecule has 1 heterocycles. The summed E-state index contributed by atoms with van der Waals surface area (Å²) < 4.78 is 7.05. The van der Waals surface area contributed by atoms with Gasteiger partial charge in [0.05, 0.1) is 28.7 Å². The summed E-state index contributed by atoms with van der Waals surface area (Å²) in [6, 6.07) is 19.1. The number of hydrogen-bond acceptors (Lipinski definition) is 4. The van der Waals surface area contributed by atoms with Crippen LogP contribution in [0.1, 0.15) is 36.2 Å². The summed E-state index contributed by atoms with van der Waals surface area (Å²) in [6.45, 7) is 5.30. The second kappa shape index (κ2) is 9.19. The molecule has 29 heavy (non-hydrogen) atoms. The van der Waals surface area contributed by atoms with Crippen LogP contribution in [-0.2, 0) is 14.3 Å². The zero-order valence-corrected chi connectivity index (χ0v) is 16.9. The summed E-state index contributed by atoms with van der Waals surface area (Å²) in [5.74, 6) is -1.17. The van der Waals surface area contributed by atoms with Crippen LogP contribution in [0, 0.1) is 13.8 Å². The number of carbonyl (C=O) groups is 2. The van der Waals surface area contributed by atoms with Gasteiger partial charge in [-0.05, 0) is 38.0 Å². The number of aromatic nitrogens is 2. The molecular weight excluding hydrogens is 366 g/mol. The van der Waals surface area contributed by atoms with Gasteiger partial charge in [-0.25, -0.2) is 4.68 Å². The smallest absolute Gasteiger partial charge is 0.313 e. The van der Waals surface area contributed by atoms with E-state index in [1.54, 1.807) is 4.68 Å². The van der Waals surface area contributed by atoms with Crippen molar-refractivity contribution in [3.8, 4) is 5.69 Å². The maximum Gasteiger partial charge on any atom is 0.313 e. The van der Waals surface area contributed by atoms with Crippen molar-refractivity contribution in [2.24, 2.45) is 0 Å². The van der Waals surface area contributed by atoms with Crippen molar-refractivity contribution in [1.29, 1.82) is 0 Å². The molecule has 150 valence electrons. The number of esters is 1. The molecule has 2 aromatic carbocycles. The largest absolute Gasteiger partial charge is 0.455 e. The molecule has 0 radical (unpaired) electrons. The third kappa shape index (κ3) is 4.71. The maximum atomic E-state index is 12.4. The molecule has 1 amide bonds. The predicted octanol–water partition coefficient (Wildman–Crippen LogP) is 4.16. The molecule has 0 saturated heterocycles. The Balaban J connectivity index is 1.64. The molecule has 1 atom stereocenters. The highest BCUT2D eigenvalue weighted by atomic mass is 16.5. The molecule has 0 saturated carbocycles. The van der Waals surface area contributed by atoms with Gasteiger partial charge in [-0.1, -0.05) is 55.5 Å². The first-order valence-electron chi connectivity index (χ1n) is 9.64. The molecule has 6 heteroatoms. The highest BCUT2D eigenvalue weighted by Gasteiger charge is 2.22. The number of rotatable bonds is 7. The normalized spacial score (nSPS) is 11.7. The molecule has 0 spiro atoms. The van der Waals surface area contributed by atoms with Crippen molar-refractivity contribution in [2.75, 3.05) is 11.9 Å². The first kappa shape index (κ1) is 20.3. The molecule has 0 aliphatic heterocycles. The molecular formula is C23H25N3O3. The number of para-hydroxylation sites is 1. The first-order valence-corrected chi connectivity index (χ1v) is 9.64. The number of benzene rings is 2. The predicted molar refractivity (Wildman–Crippen MR) is 112 cm³/mol. The van der Waals surface area contributed by atoms with Gasteiger partial charge in [0, 0.05) is 0 Å². The van der Waals surface area contributed by atoms with Gasteiger partial charge < -0.3 is 10.1 Å². The molecule has 0 bridgehead atoms. The third-order valence-corrected chi connectivity index (χ3v) is 4.80. The molecule has 0 aliphatic rings. The molecule has 1 aromatic heterocycles. The summed E-state index contributed by atoms with van der Waals surface area (Å²) in [6.07, 6.45) is 0.604. The second-order valence-corrected chi connectivity index (χ2v) is 6.82. The number of nitrogens with zero attached hydrogens (tertiary/aromatic N) is 2. The lowest BCUT2D eigenvalue weighted by Crippen LogP contribution is -2.24. The Hall–Kier alpha value is -3.41. The van der Waals surface area contributed by atoms with Crippen molar-refractivity contribution >= 4 is 17.6 Å². The van der Waals surface area contributed by atoms with E-state index >= 15 is 0 Å². The Bertz CT molecular complexity index is 981. The average molecular weight is 391 g/mol. The van der Waals surface area contributed by atoms with Gasteiger partial charge in [0.1, 0.15) is 0 Å². The zero-order valence-electron chi connectivity index (χ0n) is 16.9. The molecule has 0 unspecified atom stereocenters. The van der Waals surface area contributed by atoms with Crippen LogP contribution in [0.15, 0.2) is 60.7 Å². The van der Waals surface area contributed by atoms with E-state index in [0.717, 1.165) is 16.9 Å². The van der Waals surface area contributed by atoms with Crippen LogP contribution < -0.4 is 5.32 Å². The van der Waals surface area contributed by atoms with E-state index in [4.69, 9.17) is 4.74 Å². The number of aryl methyl sites for hydroxylation is 1. The molecule has 0 aliphatic carbocycles. The van der Waals surface area contributed by atoms with Gasteiger partial charge in [0.2, 0.25) is 0 Å². The summed E-state index contributed by atoms with van der Waals surface area (Å²) in [4.78, 5) is 24.8. The topological polar surface area (TPSA) is 73.2 Å². The lowest BCUT2D eigenvalue weighted by atomic mass is 9.97. The van der Waals surface area contributed by atoms with E-state index in [9.17, 15) is 9.59 Å². The fraction of sp³-hybridized carbons (Fsp3) is 0.261. The standard InChI is InChI=1S/C23H25N3O3/c1-4-20(18-11-7-5-8-12-18)23(28)29-15-21(27)24-22-16(2)25-26(17(22)3)19-13-9-6-10-14-19/h5-14,20H,4,15H2,1-3H3,(H,24,27)/t20-/m1/s1. The van der Waals surface area contributed by atoms with E-state index in [0.29, 0.717) is 17.8 Å². The Kier molecular flexibility index (Phi) is 6.44. The summed E-state index contributed by atoms with van der Waals surface area (Å²) in [5.41, 5.74) is 3.93. The summed E-state index contributed by atoms with van der Waals surface area (Å²) in [7, 11) is 0. The summed E-state index contributed by atoms with van der Waals surface area (Å²) >= 11 is 0. The van der Waals surface area contributed by atoms with E-state index in [2.05, 4.69) is 10.4 Å². The number of hydrogen-bond donors (Lipinski definition) is 1. The Morgan fingerprint density at radius 3 is 2.28 bits per heavy atom. The van der Waals surface area contributed by atoms with Gasteiger partial charge in [-0.2, -0.15) is 5.10 Å². The van der Waals surface area contributed by atoms with E-state index < -0.39 is 5.97 Å². The van der Waals surface area contributed by atoms with Crippen LogP contribution in [0.3, 0.4) is 0 Å². The molecule has 3 rings (SSSR count). The first-order chi connectivity index (χ1) is 14.0. The van der Waals surface area contributed by atoms with Crippen LogP contribution in [0.2, 0.25) is 0 Å². The van der Waals surface area contributed by atoms with Crippen molar-refractivity contribution in [1.82, 2.24) is 9.78 Å². The van der Waals surface area contributed by atoms with Crippen LogP contribution in [0.5, 0.6) is 0 Å². The number of ether oxygens (including phenoxy) is 1. The minimum atomic E-state index is -0.401. The highest BCUT2D eigenvalue weighted by molar-refractivity contribution is 5.94. The molecule has 1 N–H and O–H groups in total. The SMILES string of the molecule is CC[C@@H](C(=O)OCC(=O)Nc1c(C)nn(-c2ccccc2)c1C)c1ccccc1. The van der Waals surface area contributed by atoms with Crippen LogP contribution in [0.4, 0.5) is 5.69 Å². The quantitative estimate of drug-likeness (QED) is 0.614. The number of anilines is 1. The van der Waals surface area contributed by atoms with Crippen molar-refractivity contribution in [3.63, 3.8) is 0 Å². The number of nitrogens with one attached hydrogen (secondary N) is 1. The highest BCUT2D eigenvalue weighted by Crippen LogP contribution is 2.23. The van der Waals surface area contributed by atoms with Gasteiger partial charge >= 0.3 is 5.97 Å². The van der Waals surface area contributed by atoms with Gasteiger partial charge in [-0.15, -0.1) is 0 Å². The fourth-order valence-corrected chi connectivity index (χ4v) is 3.28. The molecule has 6 nitrogen and oxygen atoms in total. The third-order valence-electron chi connectivity index (χ3n) is 4.80. The average Bonchev–Trinajstić information content (AvgIpc) is 3.02. The summed E-state index contributed by atoms with van der Waals surface area (Å²) in [5, 5.41) is 7.33. The lowest BCUT2D eigenvalue weighted by molar-refractivity contribution is -0.149. The van der Waals surface area contributed by atoms with Crippen LogP contribution >= 0.6 is 0 Å². The molecule has 3 aromatic rings. The number of carbonyl (C=O) groups excluding carboxylic acids is 2. The van der Waals surface area contributed by atoms with Crippen molar-refractivity contribution in [3.05, 3.63) is 77.6 Å². The molecule has 0 fully saturated rings. The van der Waals surface area contributed by atoms with E-state index in [-0.39, 0.29) is 18.4 Å². The Morgan fingerprint density at radius 1 is 1.03 bits per heavy atom. The van der Waals surface area contributed by atoms with E-state index in [1.807, 2.05) is 81.4 Å². The Morgan fingerprint density at radius 2 is 1.66 bits per heavy atom. The van der Waals surface area contributed by atoms with Crippen molar-refractivity contribution in [2.45, 2.75) is 33.1 Å². The minimum absolute atomic E-state index is 0.336. The van der Waals surface area contributed by atoms with Gasteiger partial charge in [0.25, 0.3) is 5.91 Å². The lowest BCUT2D eigenvalue weighted by Gasteiger charge is -2.14. The monoisotopic (exact) mass is 391 g/mol. The van der Waals surface area contributed by atoms with Crippen LogP contribution in [0.25, 0.3) is 5.69 Å².